The maximum absolute atomic E-state index is 13.8. The van der Waals surface area contributed by atoms with Gasteiger partial charge in [0.25, 0.3) is 11.8 Å². The van der Waals surface area contributed by atoms with Gasteiger partial charge in [-0.25, -0.2) is 9.78 Å². The molecule has 270 valence electrons. The molecule has 3 heterocycles. The van der Waals surface area contributed by atoms with Gasteiger partial charge >= 0.3 is 6.09 Å². The second-order valence-corrected chi connectivity index (χ2v) is 14.2. The molecule has 4 fully saturated rings. The Labute approximate surface area is 293 Å². The normalized spacial score (nSPS) is 19.9. The Balaban J connectivity index is 1.12. The molecular formula is C37H50N6O7. The predicted molar refractivity (Wildman–Crippen MR) is 185 cm³/mol. The average Bonchev–Trinajstić information content (AvgIpc) is 3.78. The Morgan fingerprint density at radius 2 is 1.70 bits per heavy atom. The van der Waals surface area contributed by atoms with Crippen LogP contribution in [0.15, 0.2) is 24.3 Å². The molecule has 6 rings (SSSR count). The number of likely N-dealkylation sites (tertiary alicyclic amines) is 1. The maximum atomic E-state index is 13.8. The molecule has 0 radical (unpaired) electrons. The minimum atomic E-state index is -0.739. The Morgan fingerprint density at radius 3 is 2.40 bits per heavy atom. The molecule has 2 unspecified atom stereocenters. The number of aryl methyl sites for hydroxylation is 1. The minimum absolute atomic E-state index is 0.0812. The monoisotopic (exact) mass is 690 g/mol. The van der Waals surface area contributed by atoms with Gasteiger partial charge in [0.15, 0.2) is 6.61 Å². The molecule has 50 heavy (non-hydrogen) atoms. The Bertz CT molecular complexity index is 1580. The average molecular weight is 691 g/mol. The summed E-state index contributed by atoms with van der Waals surface area (Å²) >= 11 is 0. The van der Waals surface area contributed by atoms with Crippen molar-refractivity contribution < 1.29 is 33.4 Å². The number of hydrogen-bond donors (Lipinski definition) is 2. The lowest BCUT2D eigenvalue weighted by atomic mass is 9.93. The van der Waals surface area contributed by atoms with Crippen molar-refractivity contribution in [1.82, 2.24) is 30.3 Å². The van der Waals surface area contributed by atoms with Crippen LogP contribution >= 0.6 is 0 Å². The van der Waals surface area contributed by atoms with E-state index >= 15 is 0 Å². The van der Waals surface area contributed by atoms with Crippen molar-refractivity contribution in [2.24, 2.45) is 5.92 Å². The number of aromatic nitrogens is 1. The van der Waals surface area contributed by atoms with Gasteiger partial charge in [-0.3, -0.25) is 19.2 Å². The summed E-state index contributed by atoms with van der Waals surface area (Å²) in [6, 6.07) is 6.08. The lowest BCUT2D eigenvalue weighted by Gasteiger charge is -2.36. The van der Waals surface area contributed by atoms with Crippen LogP contribution in [0.4, 0.5) is 4.79 Å². The topological polar surface area (TPSA) is 150 Å². The number of fused-ring (bicyclic) bond motifs is 1. The fourth-order valence-corrected chi connectivity index (χ4v) is 6.82. The third-order valence-electron chi connectivity index (χ3n) is 10.3. The number of amides is 5. The van der Waals surface area contributed by atoms with Crippen LogP contribution in [0, 0.1) is 12.8 Å². The molecule has 2 N–H and O–H groups in total. The van der Waals surface area contributed by atoms with E-state index in [9.17, 15) is 24.0 Å². The maximum Gasteiger partial charge on any atom is 0.409 e. The lowest BCUT2D eigenvalue weighted by Crippen LogP contribution is -2.56. The van der Waals surface area contributed by atoms with Crippen molar-refractivity contribution in [2.75, 3.05) is 45.9 Å². The lowest BCUT2D eigenvalue weighted by molar-refractivity contribution is -0.140. The first-order valence-electron chi connectivity index (χ1n) is 18.4. The van der Waals surface area contributed by atoms with Gasteiger partial charge in [-0.2, -0.15) is 0 Å². The first-order valence-corrected chi connectivity index (χ1v) is 18.4. The molecule has 4 aliphatic rings. The fourth-order valence-electron chi connectivity index (χ4n) is 6.82. The number of piperazine rings is 1. The zero-order chi connectivity index (χ0) is 35.2. The van der Waals surface area contributed by atoms with Crippen LogP contribution in [0.1, 0.15) is 87.2 Å². The van der Waals surface area contributed by atoms with E-state index in [1.54, 1.807) is 14.7 Å². The molecule has 5 amide bonds. The van der Waals surface area contributed by atoms with Gasteiger partial charge in [0, 0.05) is 50.2 Å². The molecule has 13 heteroatoms. The first-order chi connectivity index (χ1) is 24.2. The van der Waals surface area contributed by atoms with Gasteiger partial charge in [-0.05, 0) is 75.5 Å². The molecule has 1 aromatic carbocycles. The Hall–Kier alpha value is -4.42. The highest BCUT2D eigenvalue weighted by molar-refractivity contribution is 5.99. The van der Waals surface area contributed by atoms with Crippen molar-refractivity contribution >= 4 is 40.6 Å². The third kappa shape index (κ3) is 8.65. The summed E-state index contributed by atoms with van der Waals surface area (Å²) in [7, 11) is 0. The largest absolute Gasteiger partial charge is 0.483 e. The second kappa shape index (κ2) is 16.1. The zero-order valence-corrected chi connectivity index (χ0v) is 29.3. The number of nitrogens with zero attached hydrogens (tertiary/aromatic N) is 4. The smallest absolute Gasteiger partial charge is 0.409 e. The van der Waals surface area contributed by atoms with E-state index in [4.69, 9.17) is 9.47 Å². The van der Waals surface area contributed by atoms with Crippen LogP contribution < -0.4 is 15.4 Å². The molecule has 2 aromatic rings. The summed E-state index contributed by atoms with van der Waals surface area (Å²) in [6.45, 7) is 6.00. The number of pyridine rings is 1. The zero-order valence-electron chi connectivity index (χ0n) is 29.3. The van der Waals surface area contributed by atoms with Crippen molar-refractivity contribution in [3.05, 3.63) is 35.5 Å². The van der Waals surface area contributed by atoms with Crippen molar-refractivity contribution in [3.63, 3.8) is 0 Å². The van der Waals surface area contributed by atoms with Crippen molar-refractivity contribution in [3.8, 4) is 5.75 Å². The van der Waals surface area contributed by atoms with Crippen LogP contribution in [0.2, 0.25) is 0 Å². The predicted octanol–water partition coefficient (Wildman–Crippen LogP) is 3.56. The molecule has 2 aliphatic heterocycles. The first kappa shape index (κ1) is 35.4. The van der Waals surface area contributed by atoms with E-state index in [-0.39, 0.29) is 42.2 Å². The van der Waals surface area contributed by atoms with Crippen molar-refractivity contribution in [1.29, 1.82) is 0 Å². The summed E-state index contributed by atoms with van der Waals surface area (Å²) in [4.78, 5) is 75.8. The van der Waals surface area contributed by atoms with Crippen LogP contribution in [-0.4, -0.2) is 113 Å². The highest BCUT2D eigenvalue weighted by Crippen LogP contribution is 2.34. The van der Waals surface area contributed by atoms with Gasteiger partial charge in [0.1, 0.15) is 23.5 Å². The SMILES string of the molecule is CCCCOC(=O)N1CCN(C(=O)C(CC2CC2)NC(=O)c2cc(OCC(=O)N3CCCC3C(=O)NC3CCC3)c3ccc(C)cc3n2)CC1. The fraction of sp³-hybridized carbons (Fsp3) is 0.622. The molecule has 2 saturated heterocycles. The van der Waals surface area contributed by atoms with Crippen LogP contribution in [0.3, 0.4) is 0 Å². The molecule has 1 aromatic heterocycles. The molecule has 2 atom stereocenters. The Morgan fingerprint density at radius 1 is 0.940 bits per heavy atom. The number of ether oxygens (including phenoxy) is 2. The summed E-state index contributed by atoms with van der Waals surface area (Å²) in [5, 5.41) is 6.67. The number of nitrogens with one attached hydrogen (secondary N) is 2. The van der Waals surface area contributed by atoms with E-state index < -0.39 is 18.0 Å². The third-order valence-corrected chi connectivity index (χ3v) is 10.3. The number of rotatable bonds is 13. The second-order valence-electron chi connectivity index (χ2n) is 14.2. The molecule has 0 bridgehead atoms. The van der Waals surface area contributed by atoms with E-state index in [0.717, 1.165) is 56.9 Å². The van der Waals surface area contributed by atoms with Crippen LogP contribution in [0.5, 0.6) is 5.75 Å². The summed E-state index contributed by atoms with van der Waals surface area (Å²) in [5.41, 5.74) is 1.56. The Kier molecular flexibility index (Phi) is 11.4. The number of unbranched alkanes of at least 4 members (excludes halogenated alkanes) is 1. The molecule has 2 aliphatic carbocycles. The highest BCUT2D eigenvalue weighted by Gasteiger charge is 2.37. The van der Waals surface area contributed by atoms with Crippen molar-refractivity contribution in [2.45, 2.75) is 96.2 Å². The van der Waals surface area contributed by atoms with Gasteiger partial charge in [0.05, 0.1) is 12.1 Å². The van der Waals surface area contributed by atoms with Gasteiger partial charge < -0.3 is 34.8 Å². The molecule has 13 nitrogen and oxygen atoms in total. The minimum Gasteiger partial charge on any atom is -0.483 e. The van der Waals surface area contributed by atoms with Crippen LogP contribution in [-0.2, 0) is 19.1 Å². The van der Waals surface area contributed by atoms with E-state index in [1.807, 2.05) is 32.0 Å². The highest BCUT2D eigenvalue weighted by atomic mass is 16.6. The van der Waals surface area contributed by atoms with Crippen LogP contribution in [0.25, 0.3) is 10.9 Å². The molecule has 0 spiro atoms. The van der Waals surface area contributed by atoms with Gasteiger partial charge in [-0.15, -0.1) is 0 Å². The van der Waals surface area contributed by atoms with E-state index in [1.165, 1.54) is 6.07 Å². The summed E-state index contributed by atoms with van der Waals surface area (Å²) < 4.78 is 11.4. The summed E-state index contributed by atoms with van der Waals surface area (Å²) in [6.07, 6.45) is 8.36. The van der Waals surface area contributed by atoms with Gasteiger partial charge in [-0.1, -0.05) is 32.3 Å². The van der Waals surface area contributed by atoms with E-state index in [0.29, 0.717) is 74.7 Å². The van der Waals surface area contributed by atoms with Gasteiger partial charge in [0.2, 0.25) is 11.8 Å². The number of carbonyl (C=O) groups is 5. The summed E-state index contributed by atoms with van der Waals surface area (Å²) in [5.74, 6) is -0.384. The standard InChI is InChI=1S/C37H50N6O7/c1-3-4-19-49-37(48)42-17-15-41(16-18-42)36(47)30(21-25-11-12-25)40-34(45)29-22-32(27-13-10-24(2)20-28(27)39-29)50-23-33(44)43-14-6-9-31(43)35(46)38-26-7-5-8-26/h10,13,20,22,25-26,30-31H,3-9,11-12,14-19,21,23H2,1-2H3,(H,38,46)(H,40,45). The number of hydrogen-bond acceptors (Lipinski definition) is 8. The number of carbonyl (C=O) groups excluding carboxylic acids is 5. The molecule has 2 saturated carbocycles. The molecular weight excluding hydrogens is 640 g/mol. The quantitative estimate of drug-likeness (QED) is 0.303. The van der Waals surface area contributed by atoms with E-state index in [2.05, 4.69) is 15.6 Å². The number of benzene rings is 1.